The number of aromatic nitrogens is 1. The second kappa shape index (κ2) is 6.14. The Kier molecular flexibility index (Phi) is 4.29. The van der Waals surface area contributed by atoms with Gasteiger partial charge in [0.1, 0.15) is 0 Å². The van der Waals surface area contributed by atoms with Crippen LogP contribution in [0.4, 0.5) is 0 Å². The smallest absolute Gasteiger partial charge is 0.250 e. The Morgan fingerprint density at radius 1 is 1.37 bits per heavy atom. The van der Waals surface area contributed by atoms with Gasteiger partial charge in [-0.1, -0.05) is 44.0 Å². The Morgan fingerprint density at radius 2 is 2.16 bits per heavy atom. The third kappa shape index (κ3) is 3.19. The zero-order valence-electron chi connectivity index (χ0n) is 11.1. The minimum atomic E-state index is -0.437. The van der Waals surface area contributed by atoms with E-state index in [2.05, 4.69) is 11.9 Å². The van der Waals surface area contributed by atoms with E-state index in [1.54, 1.807) is 0 Å². The largest absolute Gasteiger partial charge is 0.366 e. The highest BCUT2D eigenvalue weighted by Crippen LogP contribution is 2.18. The molecule has 1 aromatic carbocycles. The molecule has 0 aliphatic rings. The summed E-state index contributed by atoms with van der Waals surface area (Å²) in [5, 5.41) is 0.932. The van der Waals surface area contributed by atoms with E-state index in [0.717, 1.165) is 30.2 Å². The lowest BCUT2D eigenvalue weighted by Crippen LogP contribution is -2.13. The molecule has 1 aromatic heterocycles. The standard InChI is InChI=1S/C16H18N2O/c1-2-3-4-5-10-15-13(16(17)19)11-12-8-6-7-9-14(12)18-15/h5-11H,2-4H2,1H3,(H2,17,19). The minimum Gasteiger partial charge on any atom is -0.366 e. The second-order valence-corrected chi connectivity index (χ2v) is 4.52. The van der Waals surface area contributed by atoms with Crippen molar-refractivity contribution in [3.8, 4) is 0 Å². The van der Waals surface area contributed by atoms with E-state index in [-0.39, 0.29) is 0 Å². The van der Waals surface area contributed by atoms with E-state index < -0.39 is 5.91 Å². The van der Waals surface area contributed by atoms with Crippen LogP contribution in [0, 0.1) is 0 Å². The molecule has 0 aliphatic heterocycles. The summed E-state index contributed by atoms with van der Waals surface area (Å²) in [7, 11) is 0. The predicted octanol–water partition coefficient (Wildman–Crippen LogP) is 3.54. The van der Waals surface area contributed by atoms with Gasteiger partial charge >= 0.3 is 0 Å². The number of carbonyl (C=O) groups excluding carboxylic acids is 1. The molecule has 0 spiro atoms. The number of fused-ring (bicyclic) bond motifs is 1. The number of hydrogen-bond acceptors (Lipinski definition) is 2. The normalized spacial score (nSPS) is 11.2. The van der Waals surface area contributed by atoms with Gasteiger partial charge in [-0.3, -0.25) is 4.79 Å². The second-order valence-electron chi connectivity index (χ2n) is 4.52. The Morgan fingerprint density at radius 3 is 2.89 bits per heavy atom. The van der Waals surface area contributed by atoms with E-state index in [1.807, 2.05) is 42.5 Å². The van der Waals surface area contributed by atoms with Gasteiger partial charge < -0.3 is 5.73 Å². The maximum absolute atomic E-state index is 11.5. The first-order chi connectivity index (χ1) is 9.22. The van der Waals surface area contributed by atoms with E-state index in [1.165, 1.54) is 0 Å². The minimum absolute atomic E-state index is 0.437. The van der Waals surface area contributed by atoms with Crippen LogP contribution in [0.5, 0.6) is 0 Å². The number of primary amides is 1. The first kappa shape index (κ1) is 13.3. The van der Waals surface area contributed by atoms with Crippen molar-refractivity contribution >= 4 is 22.9 Å². The van der Waals surface area contributed by atoms with Crippen LogP contribution in [0.2, 0.25) is 0 Å². The van der Waals surface area contributed by atoms with Crippen molar-refractivity contribution in [1.29, 1.82) is 0 Å². The molecular weight excluding hydrogens is 236 g/mol. The Labute approximate surface area is 113 Å². The highest BCUT2D eigenvalue weighted by Gasteiger charge is 2.09. The third-order valence-corrected chi connectivity index (χ3v) is 3.02. The lowest BCUT2D eigenvalue weighted by molar-refractivity contribution is 0.1000. The van der Waals surface area contributed by atoms with Gasteiger partial charge in [0.05, 0.1) is 16.8 Å². The highest BCUT2D eigenvalue weighted by molar-refractivity contribution is 5.99. The summed E-state index contributed by atoms with van der Waals surface area (Å²) in [4.78, 5) is 16.0. The summed E-state index contributed by atoms with van der Waals surface area (Å²) in [6.07, 6.45) is 7.21. The average molecular weight is 254 g/mol. The summed E-state index contributed by atoms with van der Waals surface area (Å²) in [6, 6.07) is 9.53. The number of allylic oxidation sites excluding steroid dienone is 1. The molecule has 0 unspecified atom stereocenters. The van der Waals surface area contributed by atoms with Crippen molar-refractivity contribution < 1.29 is 4.79 Å². The van der Waals surface area contributed by atoms with E-state index in [4.69, 9.17) is 5.73 Å². The molecule has 3 heteroatoms. The number of hydrogen-bond donors (Lipinski definition) is 1. The summed E-state index contributed by atoms with van der Waals surface area (Å²) in [5.74, 6) is -0.437. The van der Waals surface area contributed by atoms with Crippen LogP contribution >= 0.6 is 0 Å². The number of amides is 1. The average Bonchev–Trinajstić information content (AvgIpc) is 2.42. The number of nitrogens with zero attached hydrogens (tertiary/aromatic N) is 1. The van der Waals surface area contributed by atoms with Gasteiger partial charge in [0.15, 0.2) is 0 Å². The maximum atomic E-state index is 11.5. The first-order valence-electron chi connectivity index (χ1n) is 6.58. The Balaban J connectivity index is 2.42. The van der Waals surface area contributed by atoms with E-state index >= 15 is 0 Å². The fourth-order valence-electron chi connectivity index (χ4n) is 1.97. The van der Waals surface area contributed by atoms with Crippen molar-refractivity contribution in [1.82, 2.24) is 4.98 Å². The fourth-order valence-corrected chi connectivity index (χ4v) is 1.97. The number of rotatable bonds is 5. The maximum Gasteiger partial charge on any atom is 0.250 e. The van der Waals surface area contributed by atoms with Gasteiger partial charge in [0.2, 0.25) is 0 Å². The van der Waals surface area contributed by atoms with Gasteiger partial charge in [0, 0.05) is 5.39 Å². The molecule has 98 valence electrons. The molecule has 0 saturated carbocycles. The zero-order valence-corrected chi connectivity index (χ0v) is 11.1. The molecule has 2 aromatic rings. The summed E-state index contributed by atoms with van der Waals surface area (Å²) in [6.45, 7) is 2.15. The molecule has 2 N–H and O–H groups in total. The molecule has 0 fully saturated rings. The third-order valence-electron chi connectivity index (χ3n) is 3.02. The molecule has 0 saturated heterocycles. The summed E-state index contributed by atoms with van der Waals surface area (Å²) in [5.41, 5.74) is 7.43. The van der Waals surface area contributed by atoms with Gasteiger partial charge in [0.25, 0.3) is 5.91 Å². The quantitative estimate of drug-likeness (QED) is 0.830. The number of nitrogens with two attached hydrogens (primary N) is 1. The zero-order chi connectivity index (χ0) is 13.7. The first-order valence-corrected chi connectivity index (χ1v) is 6.58. The molecule has 1 heterocycles. The molecular formula is C16H18N2O. The van der Waals surface area contributed by atoms with Crippen molar-refractivity contribution in [3.05, 3.63) is 47.7 Å². The van der Waals surface area contributed by atoms with E-state index in [0.29, 0.717) is 11.3 Å². The molecule has 1 amide bonds. The molecule has 0 aliphatic carbocycles. The highest BCUT2D eigenvalue weighted by atomic mass is 16.1. The van der Waals surface area contributed by atoms with Crippen LogP contribution < -0.4 is 5.73 Å². The van der Waals surface area contributed by atoms with E-state index in [9.17, 15) is 4.79 Å². The van der Waals surface area contributed by atoms with Crippen LogP contribution in [0.1, 0.15) is 42.2 Å². The van der Waals surface area contributed by atoms with Crippen LogP contribution in [0.15, 0.2) is 36.4 Å². The van der Waals surface area contributed by atoms with Crippen LogP contribution in [0.25, 0.3) is 17.0 Å². The number of carbonyl (C=O) groups is 1. The van der Waals surface area contributed by atoms with Crippen LogP contribution in [-0.4, -0.2) is 10.9 Å². The van der Waals surface area contributed by atoms with Gasteiger partial charge in [-0.2, -0.15) is 0 Å². The van der Waals surface area contributed by atoms with Crippen LogP contribution in [0.3, 0.4) is 0 Å². The lowest BCUT2D eigenvalue weighted by Gasteiger charge is -2.04. The van der Waals surface area contributed by atoms with Gasteiger partial charge in [-0.25, -0.2) is 4.98 Å². The molecule has 19 heavy (non-hydrogen) atoms. The van der Waals surface area contributed by atoms with Crippen molar-refractivity contribution in [2.75, 3.05) is 0 Å². The summed E-state index contributed by atoms with van der Waals surface area (Å²) < 4.78 is 0. The topological polar surface area (TPSA) is 56.0 Å². The van der Waals surface area contributed by atoms with Crippen molar-refractivity contribution in [3.63, 3.8) is 0 Å². The molecule has 0 atom stereocenters. The molecule has 3 nitrogen and oxygen atoms in total. The van der Waals surface area contributed by atoms with Gasteiger partial charge in [-0.15, -0.1) is 0 Å². The monoisotopic (exact) mass is 254 g/mol. The van der Waals surface area contributed by atoms with Crippen molar-refractivity contribution in [2.45, 2.75) is 26.2 Å². The Bertz CT molecular complexity index is 617. The van der Waals surface area contributed by atoms with Gasteiger partial charge in [-0.05, 0) is 24.6 Å². The number of pyridine rings is 1. The predicted molar refractivity (Wildman–Crippen MR) is 78.8 cm³/mol. The molecule has 2 rings (SSSR count). The lowest BCUT2D eigenvalue weighted by atomic mass is 10.1. The van der Waals surface area contributed by atoms with Crippen molar-refractivity contribution in [2.24, 2.45) is 5.73 Å². The number of benzene rings is 1. The number of unbranched alkanes of at least 4 members (excludes halogenated alkanes) is 2. The molecule has 0 radical (unpaired) electrons. The number of para-hydroxylation sites is 1. The van der Waals surface area contributed by atoms with Crippen LogP contribution in [-0.2, 0) is 0 Å². The fraction of sp³-hybridized carbons (Fsp3) is 0.250. The molecule has 0 bridgehead atoms. The summed E-state index contributed by atoms with van der Waals surface area (Å²) >= 11 is 0. The SMILES string of the molecule is CCCCC=Cc1nc2ccccc2cc1C(N)=O. The Hall–Kier alpha value is -2.16.